The van der Waals surface area contributed by atoms with Gasteiger partial charge in [0.05, 0.1) is 6.10 Å². The van der Waals surface area contributed by atoms with Crippen molar-refractivity contribution >= 4 is 0 Å². The fourth-order valence-corrected chi connectivity index (χ4v) is 11.4. The summed E-state index contributed by atoms with van der Waals surface area (Å²) >= 11 is 0. The second-order valence-corrected chi connectivity index (χ2v) is 15.5. The van der Waals surface area contributed by atoms with Gasteiger partial charge in [0.25, 0.3) is 0 Å². The second kappa shape index (κ2) is 6.55. The van der Waals surface area contributed by atoms with Gasteiger partial charge in [-0.2, -0.15) is 0 Å². The topological polar surface area (TPSA) is 20.2 Å². The highest BCUT2D eigenvalue weighted by atomic mass is 16.3. The minimum atomic E-state index is -0.0781. The maximum atomic E-state index is 10.7. The molecule has 0 aromatic heterocycles. The lowest BCUT2D eigenvalue weighted by Crippen LogP contribution is -2.67. The molecule has 5 aliphatic rings. The third-order valence-corrected chi connectivity index (χ3v) is 13.9. The van der Waals surface area contributed by atoms with Crippen LogP contribution < -0.4 is 0 Å². The van der Waals surface area contributed by atoms with Gasteiger partial charge in [-0.1, -0.05) is 55.4 Å². The van der Waals surface area contributed by atoms with Gasteiger partial charge in [-0.05, 0) is 127 Å². The smallest absolute Gasteiger partial charge is 0.0571 e. The summed E-state index contributed by atoms with van der Waals surface area (Å²) in [5, 5.41) is 10.7. The first-order chi connectivity index (χ1) is 14.2. The highest BCUT2D eigenvalue weighted by Crippen LogP contribution is 2.78. The minimum absolute atomic E-state index is 0.0781. The number of aliphatic hydroxyl groups is 1. The molecule has 178 valence electrons. The fraction of sp³-hybridized carbons (Fsp3) is 1.00. The van der Waals surface area contributed by atoms with Crippen LogP contribution >= 0.6 is 0 Å². The highest BCUT2D eigenvalue weighted by Gasteiger charge is 2.70. The lowest BCUT2D eigenvalue weighted by molar-refractivity contribution is -0.263. The summed E-state index contributed by atoms with van der Waals surface area (Å²) in [5.74, 6) is 3.02. The molecular weight excluding hydrogens is 376 g/mol. The molecule has 0 saturated heterocycles. The predicted octanol–water partition coefficient (Wildman–Crippen LogP) is 8.25. The standard InChI is InChI=1S/C30H52O/c1-20-21(31)9-10-22-27(20,5)12-11-23-28(22,6)16-18-30(8)24-19-25(2,3)13-14-26(24,4)15-17-29(23,30)7/h20-24,31H,9-19H2,1-8H3/t20-,21-,22+,23-,24-,26+,27+,28-,29+,30-/m0/s1. The van der Waals surface area contributed by atoms with Crippen LogP contribution in [0, 0.1) is 56.2 Å². The van der Waals surface area contributed by atoms with E-state index in [9.17, 15) is 5.11 Å². The van der Waals surface area contributed by atoms with Crippen molar-refractivity contribution in [3.63, 3.8) is 0 Å². The maximum Gasteiger partial charge on any atom is 0.0571 e. The van der Waals surface area contributed by atoms with Crippen molar-refractivity contribution < 1.29 is 5.11 Å². The van der Waals surface area contributed by atoms with Crippen molar-refractivity contribution in [2.75, 3.05) is 0 Å². The maximum absolute atomic E-state index is 10.7. The molecule has 5 rings (SSSR count). The molecule has 0 radical (unpaired) electrons. The minimum Gasteiger partial charge on any atom is -0.393 e. The Morgan fingerprint density at radius 3 is 1.90 bits per heavy atom. The van der Waals surface area contributed by atoms with Crippen molar-refractivity contribution in [1.29, 1.82) is 0 Å². The number of hydrogen-bond acceptors (Lipinski definition) is 1. The monoisotopic (exact) mass is 428 g/mol. The van der Waals surface area contributed by atoms with Gasteiger partial charge in [-0.15, -0.1) is 0 Å². The van der Waals surface area contributed by atoms with Crippen LogP contribution in [0.5, 0.6) is 0 Å². The SMILES string of the molecule is C[C@H]1[C@@H](O)CC[C@@H]2[C@]1(C)CC[C@H]1[C@@]2(C)CC[C@@]2(C)[C@H]3CC(C)(C)CC[C@]3(C)CC[C@]12C. The Morgan fingerprint density at radius 1 is 0.581 bits per heavy atom. The van der Waals surface area contributed by atoms with Gasteiger partial charge < -0.3 is 5.11 Å². The van der Waals surface area contributed by atoms with E-state index in [-0.39, 0.29) is 6.10 Å². The van der Waals surface area contributed by atoms with Gasteiger partial charge in [0.15, 0.2) is 0 Å². The molecule has 0 heterocycles. The fourth-order valence-electron chi connectivity index (χ4n) is 11.4. The highest BCUT2D eigenvalue weighted by molar-refractivity contribution is 5.19. The van der Waals surface area contributed by atoms with E-state index in [1.165, 1.54) is 64.2 Å². The third kappa shape index (κ3) is 2.77. The molecule has 0 aliphatic heterocycles. The summed E-state index contributed by atoms with van der Waals surface area (Å²) in [4.78, 5) is 0. The van der Waals surface area contributed by atoms with E-state index in [0.717, 1.165) is 24.2 Å². The van der Waals surface area contributed by atoms with Crippen LogP contribution in [0.25, 0.3) is 0 Å². The van der Waals surface area contributed by atoms with Crippen LogP contribution in [0.1, 0.15) is 126 Å². The molecule has 31 heavy (non-hydrogen) atoms. The van der Waals surface area contributed by atoms with Gasteiger partial charge in [0, 0.05) is 0 Å². The summed E-state index contributed by atoms with van der Waals surface area (Å²) < 4.78 is 0. The molecular formula is C30H52O. The molecule has 0 aromatic carbocycles. The number of aliphatic hydroxyl groups excluding tert-OH is 1. The summed E-state index contributed by atoms with van der Waals surface area (Å²) in [6, 6.07) is 0. The van der Waals surface area contributed by atoms with Gasteiger partial charge in [0.1, 0.15) is 0 Å². The Kier molecular flexibility index (Phi) is 4.80. The molecule has 0 spiro atoms. The molecule has 10 atom stereocenters. The molecule has 1 nitrogen and oxygen atoms in total. The van der Waals surface area contributed by atoms with Crippen LogP contribution in [0.3, 0.4) is 0 Å². The predicted molar refractivity (Wildman–Crippen MR) is 131 cm³/mol. The lowest BCUT2D eigenvalue weighted by atomic mass is 9.30. The summed E-state index contributed by atoms with van der Waals surface area (Å²) in [6.07, 6.45) is 15.1. The molecule has 5 saturated carbocycles. The lowest BCUT2D eigenvalue weighted by Gasteiger charge is -2.75. The summed E-state index contributed by atoms with van der Waals surface area (Å²) in [7, 11) is 0. The van der Waals surface area contributed by atoms with Crippen LogP contribution in [-0.2, 0) is 0 Å². The van der Waals surface area contributed by atoms with Crippen LogP contribution in [0.2, 0.25) is 0 Å². The Labute approximate surface area is 193 Å². The average Bonchev–Trinajstić information content (AvgIpc) is 2.69. The van der Waals surface area contributed by atoms with Gasteiger partial charge >= 0.3 is 0 Å². The van der Waals surface area contributed by atoms with Gasteiger partial charge in [-0.3, -0.25) is 0 Å². The molecule has 1 N–H and O–H groups in total. The summed E-state index contributed by atoms with van der Waals surface area (Å²) in [6.45, 7) is 20.9. The van der Waals surface area contributed by atoms with Gasteiger partial charge in [0.2, 0.25) is 0 Å². The molecule has 0 amide bonds. The van der Waals surface area contributed by atoms with E-state index < -0.39 is 0 Å². The zero-order valence-electron chi connectivity index (χ0n) is 22.1. The van der Waals surface area contributed by atoms with E-state index in [4.69, 9.17) is 0 Å². The summed E-state index contributed by atoms with van der Waals surface area (Å²) in [5.41, 5.74) is 2.88. The molecule has 0 bridgehead atoms. The number of fused-ring (bicyclic) bond motifs is 7. The normalized spacial score (nSPS) is 60.9. The van der Waals surface area contributed by atoms with Crippen molar-refractivity contribution in [1.82, 2.24) is 0 Å². The van der Waals surface area contributed by atoms with Crippen molar-refractivity contribution in [3.8, 4) is 0 Å². The third-order valence-electron chi connectivity index (χ3n) is 13.9. The zero-order chi connectivity index (χ0) is 22.7. The van der Waals surface area contributed by atoms with E-state index in [2.05, 4.69) is 55.4 Å². The van der Waals surface area contributed by atoms with Crippen molar-refractivity contribution in [3.05, 3.63) is 0 Å². The Balaban J connectivity index is 1.54. The number of hydrogen-bond donors (Lipinski definition) is 1. The first kappa shape index (κ1) is 22.7. The largest absolute Gasteiger partial charge is 0.393 e. The molecule has 0 unspecified atom stereocenters. The van der Waals surface area contributed by atoms with E-state index >= 15 is 0 Å². The zero-order valence-corrected chi connectivity index (χ0v) is 22.1. The quantitative estimate of drug-likeness (QED) is 0.412. The average molecular weight is 429 g/mol. The Morgan fingerprint density at radius 2 is 1.19 bits per heavy atom. The van der Waals surface area contributed by atoms with E-state index in [0.29, 0.717) is 38.4 Å². The van der Waals surface area contributed by atoms with E-state index in [1.54, 1.807) is 0 Å². The molecule has 5 aliphatic carbocycles. The van der Waals surface area contributed by atoms with Crippen molar-refractivity contribution in [2.24, 2.45) is 56.2 Å². The first-order valence-corrected chi connectivity index (χ1v) is 13.9. The first-order valence-electron chi connectivity index (χ1n) is 13.9. The molecule has 1 heteroatoms. The van der Waals surface area contributed by atoms with Crippen LogP contribution in [-0.4, -0.2) is 11.2 Å². The second-order valence-electron chi connectivity index (χ2n) is 15.5. The molecule has 0 aromatic rings. The van der Waals surface area contributed by atoms with E-state index in [1.807, 2.05) is 0 Å². The Bertz CT molecular complexity index is 741. The van der Waals surface area contributed by atoms with Crippen LogP contribution in [0.15, 0.2) is 0 Å². The van der Waals surface area contributed by atoms with Crippen molar-refractivity contribution in [2.45, 2.75) is 132 Å². The Hall–Kier alpha value is -0.0400. The number of rotatable bonds is 0. The molecule has 5 fully saturated rings. The van der Waals surface area contributed by atoms with Crippen LogP contribution in [0.4, 0.5) is 0 Å². The van der Waals surface area contributed by atoms with Gasteiger partial charge in [-0.25, -0.2) is 0 Å².